The molecule has 0 saturated carbocycles. The first-order valence-corrected chi connectivity index (χ1v) is 5.13. The van der Waals surface area contributed by atoms with Gasteiger partial charge in [-0.25, -0.2) is 9.69 Å². The van der Waals surface area contributed by atoms with E-state index in [1.165, 1.54) is 0 Å². The van der Waals surface area contributed by atoms with Gasteiger partial charge in [0.2, 0.25) is 0 Å². The number of imide groups is 1. The van der Waals surface area contributed by atoms with Crippen molar-refractivity contribution in [3.05, 3.63) is 29.3 Å². The molecule has 0 aromatic heterocycles. The molecule has 0 N–H and O–H groups in total. The van der Waals surface area contributed by atoms with E-state index >= 15 is 0 Å². The van der Waals surface area contributed by atoms with Gasteiger partial charge < -0.3 is 4.74 Å². The van der Waals surface area contributed by atoms with Crippen LogP contribution in [0.2, 0.25) is 5.02 Å². The van der Waals surface area contributed by atoms with E-state index < -0.39 is 17.6 Å². The van der Waals surface area contributed by atoms with Gasteiger partial charge in [-0.2, -0.15) is 0 Å². The number of benzene rings is 1. The van der Waals surface area contributed by atoms with Crippen LogP contribution in [0, 0.1) is 0 Å². The number of anilines is 1. The predicted octanol–water partition coefficient (Wildman–Crippen LogP) is 2.60. The second kappa shape index (κ2) is 3.49. The van der Waals surface area contributed by atoms with Crippen LogP contribution in [-0.4, -0.2) is 17.6 Å². The van der Waals surface area contributed by atoms with E-state index in [1.807, 2.05) is 0 Å². The smallest absolute Gasteiger partial charge is 0.422 e. The van der Waals surface area contributed by atoms with Crippen molar-refractivity contribution in [1.29, 1.82) is 0 Å². The molecule has 5 heteroatoms. The van der Waals surface area contributed by atoms with E-state index in [-0.39, 0.29) is 0 Å². The summed E-state index contributed by atoms with van der Waals surface area (Å²) in [6.45, 7) is 3.09. The second-order valence-electron chi connectivity index (χ2n) is 3.97. The quantitative estimate of drug-likeness (QED) is 0.757. The van der Waals surface area contributed by atoms with Crippen LogP contribution in [-0.2, 0) is 9.53 Å². The van der Waals surface area contributed by atoms with E-state index in [4.69, 9.17) is 16.3 Å². The number of nitrogens with zero attached hydrogens (tertiary/aromatic N) is 1. The zero-order chi connectivity index (χ0) is 11.9. The minimum absolute atomic E-state index is 0.338. The molecule has 0 atom stereocenters. The normalized spacial score (nSPS) is 18.8. The Morgan fingerprint density at radius 1 is 1.25 bits per heavy atom. The van der Waals surface area contributed by atoms with Crippen LogP contribution in [0.5, 0.6) is 0 Å². The topological polar surface area (TPSA) is 46.6 Å². The Labute approximate surface area is 97.7 Å². The van der Waals surface area contributed by atoms with E-state index in [2.05, 4.69) is 0 Å². The van der Waals surface area contributed by atoms with E-state index in [0.29, 0.717) is 10.7 Å². The number of ether oxygens (including phenoxy) is 1. The maximum Gasteiger partial charge on any atom is 0.422 e. The van der Waals surface area contributed by atoms with Gasteiger partial charge in [0.25, 0.3) is 5.91 Å². The Hall–Kier alpha value is -1.55. The molecule has 1 heterocycles. The van der Waals surface area contributed by atoms with Crippen LogP contribution < -0.4 is 4.90 Å². The molecule has 1 aliphatic heterocycles. The number of hydrogen-bond donors (Lipinski definition) is 0. The summed E-state index contributed by atoms with van der Waals surface area (Å²) in [5, 5.41) is 0.338. The summed E-state index contributed by atoms with van der Waals surface area (Å²) in [6, 6.07) is 6.64. The van der Waals surface area contributed by atoms with Crippen LogP contribution in [0.4, 0.5) is 10.5 Å². The molecule has 1 aromatic carbocycles. The summed E-state index contributed by atoms with van der Waals surface area (Å²) in [7, 11) is 0. The molecule has 0 unspecified atom stereocenters. The van der Waals surface area contributed by atoms with E-state index in [0.717, 1.165) is 4.90 Å². The molecule has 2 rings (SSSR count). The first-order valence-electron chi connectivity index (χ1n) is 4.75. The summed E-state index contributed by atoms with van der Waals surface area (Å²) in [5.41, 5.74) is -0.777. The maximum atomic E-state index is 11.9. The lowest BCUT2D eigenvalue weighted by Crippen LogP contribution is -2.36. The van der Waals surface area contributed by atoms with Gasteiger partial charge in [0.1, 0.15) is 0 Å². The summed E-state index contributed by atoms with van der Waals surface area (Å²) < 4.78 is 4.96. The van der Waals surface area contributed by atoms with Crippen LogP contribution in [0.1, 0.15) is 13.8 Å². The van der Waals surface area contributed by atoms with Crippen molar-refractivity contribution >= 4 is 29.3 Å². The third-order valence-electron chi connectivity index (χ3n) is 2.34. The van der Waals surface area contributed by atoms with Crippen molar-refractivity contribution in [3.63, 3.8) is 0 Å². The number of carbonyl (C=O) groups excluding carboxylic acids is 2. The van der Waals surface area contributed by atoms with Gasteiger partial charge in [0.15, 0.2) is 5.60 Å². The largest absolute Gasteiger partial charge is 0.433 e. The van der Waals surface area contributed by atoms with Crippen molar-refractivity contribution in [3.8, 4) is 0 Å². The molecule has 0 radical (unpaired) electrons. The number of amides is 2. The predicted molar refractivity (Wildman–Crippen MR) is 59.5 cm³/mol. The average molecular weight is 240 g/mol. The zero-order valence-electron chi connectivity index (χ0n) is 8.86. The molecule has 0 spiro atoms. The summed E-state index contributed by atoms with van der Waals surface area (Å²) in [4.78, 5) is 24.4. The van der Waals surface area contributed by atoms with Crippen LogP contribution >= 0.6 is 11.6 Å². The van der Waals surface area contributed by atoms with Gasteiger partial charge >= 0.3 is 6.09 Å². The molecule has 1 saturated heterocycles. The van der Waals surface area contributed by atoms with Crippen molar-refractivity contribution in [1.82, 2.24) is 0 Å². The van der Waals surface area contributed by atoms with Gasteiger partial charge in [-0.3, -0.25) is 4.79 Å². The Bertz CT molecular complexity index is 470. The van der Waals surface area contributed by atoms with Crippen molar-refractivity contribution in [2.24, 2.45) is 0 Å². The molecule has 84 valence electrons. The number of hydrogen-bond acceptors (Lipinski definition) is 3. The Kier molecular flexibility index (Phi) is 2.39. The lowest BCUT2D eigenvalue weighted by molar-refractivity contribution is -0.127. The van der Waals surface area contributed by atoms with E-state index in [1.54, 1.807) is 38.1 Å². The SMILES string of the molecule is CC1(C)OC(=O)N(c2ccccc2Cl)C1=O. The molecule has 1 fully saturated rings. The highest BCUT2D eigenvalue weighted by Crippen LogP contribution is 2.33. The Morgan fingerprint density at radius 2 is 1.88 bits per heavy atom. The van der Waals surface area contributed by atoms with Crippen molar-refractivity contribution in [2.75, 3.05) is 4.90 Å². The van der Waals surface area contributed by atoms with E-state index in [9.17, 15) is 9.59 Å². The molecule has 1 aliphatic rings. The average Bonchev–Trinajstić information content (AvgIpc) is 2.39. The molecule has 4 nitrogen and oxygen atoms in total. The van der Waals surface area contributed by atoms with Gasteiger partial charge in [0, 0.05) is 0 Å². The summed E-state index contributed by atoms with van der Waals surface area (Å²) in [6.07, 6.45) is -0.692. The molecular formula is C11H10ClNO3. The number of carbonyl (C=O) groups is 2. The number of cyclic esters (lactones) is 1. The minimum atomic E-state index is -1.13. The zero-order valence-corrected chi connectivity index (χ0v) is 9.62. The fourth-order valence-corrected chi connectivity index (χ4v) is 1.72. The molecule has 0 bridgehead atoms. The van der Waals surface area contributed by atoms with Crippen molar-refractivity contribution in [2.45, 2.75) is 19.4 Å². The Morgan fingerprint density at radius 3 is 2.38 bits per heavy atom. The van der Waals surface area contributed by atoms with Gasteiger partial charge in [-0.15, -0.1) is 0 Å². The van der Waals surface area contributed by atoms with Gasteiger partial charge in [0.05, 0.1) is 10.7 Å². The van der Waals surface area contributed by atoms with Crippen LogP contribution in [0.15, 0.2) is 24.3 Å². The minimum Gasteiger partial charge on any atom is -0.433 e. The highest BCUT2D eigenvalue weighted by atomic mass is 35.5. The number of halogens is 1. The molecule has 16 heavy (non-hydrogen) atoms. The third kappa shape index (κ3) is 1.55. The van der Waals surface area contributed by atoms with Crippen molar-refractivity contribution < 1.29 is 14.3 Å². The van der Waals surface area contributed by atoms with Crippen LogP contribution in [0.25, 0.3) is 0 Å². The Balaban J connectivity index is 2.47. The van der Waals surface area contributed by atoms with Gasteiger partial charge in [-0.05, 0) is 26.0 Å². The molecule has 0 aliphatic carbocycles. The second-order valence-corrected chi connectivity index (χ2v) is 4.38. The molecular weight excluding hydrogens is 230 g/mol. The first-order chi connectivity index (χ1) is 7.43. The first kappa shape index (κ1) is 11.0. The maximum absolute atomic E-state index is 11.9. The lowest BCUT2D eigenvalue weighted by Gasteiger charge is -2.14. The number of para-hydroxylation sites is 1. The number of rotatable bonds is 1. The third-order valence-corrected chi connectivity index (χ3v) is 2.66. The summed E-state index contributed by atoms with van der Waals surface area (Å²) in [5.74, 6) is -0.411. The molecule has 1 aromatic rings. The van der Waals surface area contributed by atoms with Crippen LogP contribution in [0.3, 0.4) is 0 Å². The molecule has 2 amide bonds. The van der Waals surface area contributed by atoms with Gasteiger partial charge in [-0.1, -0.05) is 23.7 Å². The monoisotopic (exact) mass is 239 g/mol. The summed E-state index contributed by atoms with van der Waals surface area (Å²) >= 11 is 5.93. The standard InChI is InChI=1S/C11H10ClNO3/c1-11(2)9(14)13(10(15)16-11)8-6-4-3-5-7(8)12/h3-6H,1-2H3. The fourth-order valence-electron chi connectivity index (χ4n) is 1.50. The fraction of sp³-hybridized carbons (Fsp3) is 0.273. The lowest BCUT2D eigenvalue weighted by atomic mass is 10.1. The highest BCUT2D eigenvalue weighted by Gasteiger charge is 2.48. The highest BCUT2D eigenvalue weighted by molar-refractivity contribution is 6.35.